The van der Waals surface area contributed by atoms with Gasteiger partial charge in [0.25, 0.3) is 0 Å². The van der Waals surface area contributed by atoms with E-state index in [1.54, 1.807) is 0 Å². The summed E-state index contributed by atoms with van der Waals surface area (Å²) < 4.78 is 5.34. The second-order valence-electron chi connectivity index (χ2n) is 7.60. The number of aryl methyl sites for hydroxylation is 1. The molecule has 1 aromatic rings. The van der Waals surface area contributed by atoms with Crippen molar-refractivity contribution < 1.29 is 9.53 Å². The van der Waals surface area contributed by atoms with Crippen molar-refractivity contribution in [2.24, 2.45) is 23.7 Å². The Hall–Kier alpha value is -1.33. The van der Waals surface area contributed by atoms with Crippen LogP contribution in [0.15, 0.2) is 12.2 Å². The topological polar surface area (TPSA) is 58.2 Å². The minimum atomic E-state index is -0.0531. The molecule has 1 aliphatic carbocycles. The first-order chi connectivity index (χ1) is 12.5. The average molecular weight is 380 g/mol. The molecule has 26 heavy (non-hydrogen) atoms. The molecule has 4 atom stereocenters. The van der Waals surface area contributed by atoms with E-state index in [4.69, 9.17) is 16.3 Å². The van der Waals surface area contributed by atoms with Gasteiger partial charge in [-0.25, -0.2) is 4.98 Å². The Bertz CT molecular complexity index is 657. The molecule has 0 saturated carbocycles. The first-order valence-electron chi connectivity index (χ1n) is 9.84. The molecule has 1 saturated heterocycles. The van der Waals surface area contributed by atoms with Gasteiger partial charge in [-0.15, -0.1) is 0 Å². The molecule has 2 aliphatic rings. The highest BCUT2D eigenvalue weighted by atomic mass is 35.5. The maximum atomic E-state index is 12.5. The van der Waals surface area contributed by atoms with Crippen molar-refractivity contribution in [1.29, 1.82) is 0 Å². The van der Waals surface area contributed by atoms with E-state index in [1.165, 1.54) is 0 Å². The number of allylic oxidation sites excluding steroid dienone is 1. The van der Waals surface area contributed by atoms with E-state index in [0.29, 0.717) is 23.6 Å². The third-order valence-electron chi connectivity index (χ3n) is 5.66. The molecule has 0 aromatic carbocycles. The lowest BCUT2D eigenvalue weighted by molar-refractivity contribution is -0.152. The van der Waals surface area contributed by atoms with Crippen LogP contribution in [0.25, 0.3) is 0 Å². The van der Waals surface area contributed by atoms with E-state index < -0.39 is 0 Å². The number of ether oxygens (including phenoxy) is 1. The number of hydrogen-bond acceptors (Lipinski definition) is 4. The van der Waals surface area contributed by atoms with Gasteiger partial charge in [0, 0.05) is 26.1 Å². The summed E-state index contributed by atoms with van der Waals surface area (Å²) in [6.45, 7) is 9.19. The van der Waals surface area contributed by atoms with Crippen LogP contribution in [0.3, 0.4) is 0 Å². The highest BCUT2D eigenvalue weighted by Crippen LogP contribution is 2.40. The number of carbonyl (C=O) groups excluding carboxylic acids is 1. The second-order valence-corrected chi connectivity index (χ2v) is 7.96. The molecule has 1 fully saturated rings. The SMILES string of the molecule is CCCCc1nc(Cl)c(CN2C[C@H]3[C@H](C(=O)OCC)[C@@H](C)C=C[C@H]3C2)[nH]1. The number of hydrogen-bond donors (Lipinski definition) is 1. The summed E-state index contributed by atoms with van der Waals surface area (Å²) in [5.74, 6) is 1.82. The van der Waals surface area contributed by atoms with Gasteiger partial charge in [0.15, 0.2) is 5.15 Å². The number of aromatic amines is 1. The molecular weight excluding hydrogens is 350 g/mol. The molecule has 2 heterocycles. The number of likely N-dealkylation sites (tertiary alicyclic amines) is 1. The Balaban J connectivity index is 1.67. The number of fused-ring (bicyclic) bond motifs is 1. The van der Waals surface area contributed by atoms with Crippen LogP contribution >= 0.6 is 11.6 Å². The first kappa shape index (κ1) is 19.4. The van der Waals surface area contributed by atoms with Crippen molar-refractivity contribution in [2.45, 2.75) is 46.6 Å². The highest BCUT2D eigenvalue weighted by molar-refractivity contribution is 6.30. The Morgan fingerprint density at radius 1 is 1.38 bits per heavy atom. The van der Waals surface area contributed by atoms with E-state index in [9.17, 15) is 4.79 Å². The number of rotatable bonds is 7. The van der Waals surface area contributed by atoms with Gasteiger partial charge in [-0.2, -0.15) is 0 Å². The van der Waals surface area contributed by atoms with Crippen LogP contribution in [0, 0.1) is 23.7 Å². The number of nitrogens with zero attached hydrogens (tertiary/aromatic N) is 2. The number of H-pyrrole nitrogens is 1. The lowest BCUT2D eigenvalue weighted by Crippen LogP contribution is -2.37. The third kappa shape index (κ3) is 4.15. The Morgan fingerprint density at radius 3 is 2.92 bits per heavy atom. The average Bonchev–Trinajstić information content (AvgIpc) is 3.16. The number of imidazole rings is 1. The summed E-state index contributed by atoms with van der Waals surface area (Å²) in [4.78, 5) is 22.7. The molecule has 6 heteroatoms. The molecule has 3 rings (SSSR count). The van der Waals surface area contributed by atoms with Crippen LogP contribution in [-0.4, -0.2) is 40.5 Å². The molecule has 5 nitrogen and oxygen atoms in total. The number of aromatic nitrogens is 2. The molecule has 1 aromatic heterocycles. The van der Waals surface area contributed by atoms with Gasteiger partial charge >= 0.3 is 5.97 Å². The van der Waals surface area contributed by atoms with Gasteiger partial charge in [0.05, 0.1) is 18.2 Å². The van der Waals surface area contributed by atoms with Crippen LogP contribution < -0.4 is 0 Å². The van der Waals surface area contributed by atoms with Crippen LogP contribution in [0.1, 0.15) is 45.1 Å². The minimum Gasteiger partial charge on any atom is -0.466 e. The summed E-state index contributed by atoms with van der Waals surface area (Å²) in [6.07, 6.45) is 7.65. The fourth-order valence-corrected chi connectivity index (χ4v) is 4.55. The zero-order valence-electron chi connectivity index (χ0n) is 16.0. The van der Waals surface area contributed by atoms with Gasteiger partial charge in [-0.1, -0.05) is 44.0 Å². The smallest absolute Gasteiger partial charge is 0.309 e. The van der Waals surface area contributed by atoms with E-state index in [0.717, 1.165) is 50.4 Å². The van der Waals surface area contributed by atoms with Gasteiger partial charge < -0.3 is 9.72 Å². The molecule has 0 spiro atoms. The minimum absolute atomic E-state index is 0.0488. The molecule has 0 unspecified atom stereocenters. The number of halogens is 1. The normalized spacial score (nSPS) is 28.3. The number of unbranched alkanes of at least 4 members (excludes halogenated alkanes) is 1. The van der Waals surface area contributed by atoms with Gasteiger partial charge in [0.2, 0.25) is 0 Å². The van der Waals surface area contributed by atoms with Gasteiger partial charge in [-0.05, 0) is 31.1 Å². The molecule has 0 radical (unpaired) electrons. The maximum Gasteiger partial charge on any atom is 0.309 e. The lowest BCUT2D eigenvalue weighted by atomic mass is 9.72. The lowest BCUT2D eigenvalue weighted by Gasteiger charge is -2.32. The van der Waals surface area contributed by atoms with Crippen molar-refractivity contribution in [3.8, 4) is 0 Å². The van der Waals surface area contributed by atoms with Crippen molar-refractivity contribution in [3.05, 3.63) is 28.8 Å². The largest absolute Gasteiger partial charge is 0.466 e. The molecule has 144 valence electrons. The number of nitrogens with one attached hydrogen (secondary N) is 1. The van der Waals surface area contributed by atoms with Crippen LogP contribution in [-0.2, 0) is 22.5 Å². The number of carbonyl (C=O) groups is 1. The predicted molar refractivity (Wildman–Crippen MR) is 103 cm³/mol. The first-order valence-corrected chi connectivity index (χ1v) is 10.2. The highest BCUT2D eigenvalue weighted by Gasteiger charge is 2.44. The van der Waals surface area contributed by atoms with Crippen LogP contribution in [0.4, 0.5) is 0 Å². The maximum absolute atomic E-state index is 12.5. The zero-order valence-corrected chi connectivity index (χ0v) is 16.8. The van der Waals surface area contributed by atoms with Crippen LogP contribution in [0.5, 0.6) is 0 Å². The van der Waals surface area contributed by atoms with E-state index >= 15 is 0 Å². The summed E-state index contributed by atoms with van der Waals surface area (Å²) in [7, 11) is 0. The molecule has 1 N–H and O–H groups in total. The molecule has 1 aliphatic heterocycles. The Morgan fingerprint density at radius 2 is 2.19 bits per heavy atom. The fraction of sp³-hybridized carbons (Fsp3) is 0.700. The monoisotopic (exact) mass is 379 g/mol. The van der Waals surface area contributed by atoms with Gasteiger partial charge in [0.1, 0.15) is 5.82 Å². The van der Waals surface area contributed by atoms with Crippen molar-refractivity contribution in [1.82, 2.24) is 14.9 Å². The summed E-state index contributed by atoms with van der Waals surface area (Å²) in [6, 6.07) is 0. The van der Waals surface area contributed by atoms with Crippen molar-refractivity contribution in [2.75, 3.05) is 19.7 Å². The van der Waals surface area contributed by atoms with Crippen molar-refractivity contribution >= 4 is 17.6 Å². The Labute approximate surface area is 161 Å². The predicted octanol–water partition coefficient (Wildman–Crippen LogP) is 3.84. The second kappa shape index (κ2) is 8.57. The number of esters is 1. The molecular formula is C20H30ClN3O2. The summed E-state index contributed by atoms with van der Waals surface area (Å²) in [5.41, 5.74) is 0.987. The summed E-state index contributed by atoms with van der Waals surface area (Å²) in [5, 5.41) is 0.580. The summed E-state index contributed by atoms with van der Waals surface area (Å²) >= 11 is 6.34. The standard InChI is InChI=1S/C20H30ClN3O2/c1-4-6-7-17-22-16(19(21)23-17)12-24-10-14-9-8-13(3)18(15(14)11-24)20(25)26-5-2/h8-9,13-15,18H,4-7,10-12H2,1-3H3,(H,22,23)/t13-,14-,15+,18+/m0/s1. The molecule has 0 amide bonds. The van der Waals surface area contributed by atoms with E-state index in [1.807, 2.05) is 6.92 Å². The zero-order chi connectivity index (χ0) is 18.7. The van der Waals surface area contributed by atoms with E-state index in [2.05, 4.69) is 40.9 Å². The molecule has 0 bridgehead atoms. The Kier molecular flexibility index (Phi) is 6.41. The van der Waals surface area contributed by atoms with Crippen molar-refractivity contribution in [3.63, 3.8) is 0 Å². The van der Waals surface area contributed by atoms with Gasteiger partial charge in [-0.3, -0.25) is 9.69 Å². The fourth-order valence-electron chi connectivity index (χ4n) is 4.34. The van der Waals surface area contributed by atoms with E-state index in [-0.39, 0.29) is 17.8 Å². The third-order valence-corrected chi connectivity index (χ3v) is 5.98. The van der Waals surface area contributed by atoms with Crippen LogP contribution in [0.2, 0.25) is 5.15 Å². The quantitative estimate of drug-likeness (QED) is 0.577.